The standard InChI is InChI=1S/C74H138N6O4/c1-6-11-15-19-23-27-31-42-54-68-66-77-63-51-38-35-47-59-76(58-46-34-30-26-22-18-14-9-4)62-50-41-44-56-70(10-5)80-67-69(55-43-32-28-24-20-16-12-7-2)72(82)79(74(80)84)65-53-40-37-49-61-75(57-45-33-29-25-21-17-13-8-3)60-48-36-39-52-64-78(71(68)81)73(77)83/h66-67,70H,6-65H2,1-5H3. The van der Waals surface area contributed by atoms with E-state index in [9.17, 15) is 19.2 Å². The molecule has 0 spiro atoms. The topological polar surface area (TPSA) is 94.5 Å². The Balaban J connectivity index is 1.80. The minimum Gasteiger partial charge on any atom is -0.303 e. The van der Waals surface area contributed by atoms with Gasteiger partial charge in [-0.15, -0.1) is 0 Å². The van der Waals surface area contributed by atoms with E-state index in [2.05, 4.69) is 44.4 Å². The molecule has 10 nitrogen and oxygen atoms in total. The molecule has 0 saturated heterocycles. The van der Waals surface area contributed by atoms with Gasteiger partial charge in [0, 0.05) is 49.2 Å². The molecule has 1 atom stereocenters. The van der Waals surface area contributed by atoms with E-state index in [0.717, 1.165) is 179 Å². The first-order valence-corrected chi connectivity index (χ1v) is 37.4. The van der Waals surface area contributed by atoms with Crippen molar-refractivity contribution in [2.75, 3.05) is 39.3 Å². The fourth-order valence-corrected chi connectivity index (χ4v) is 13.4. The summed E-state index contributed by atoms with van der Waals surface area (Å²) in [6.07, 6.45) is 64.5. The van der Waals surface area contributed by atoms with E-state index in [1.165, 1.54) is 199 Å². The summed E-state index contributed by atoms with van der Waals surface area (Å²) in [5, 5.41) is 0. The van der Waals surface area contributed by atoms with Crippen LogP contribution in [-0.4, -0.2) is 67.3 Å². The Morgan fingerprint density at radius 1 is 0.321 bits per heavy atom. The summed E-state index contributed by atoms with van der Waals surface area (Å²) in [5.41, 5.74) is 1.42. The van der Waals surface area contributed by atoms with E-state index < -0.39 is 0 Å². The number of unbranched alkanes of at least 4 members (excludes halogenated alkanes) is 28. The highest BCUT2D eigenvalue weighted by Gasteiger charge is 2.19. The Labute approximate surface area is 517 Å². The highest BCUT2D eigenvalue weighted by atomic mass is 16.2. The molecule has 3 heterocycles. The van der Waals surface area contributed by atoms with Crippen molar-refractivity contribution < 1.29 is 0 Å². The number of fused-ring (bicyclic) bond motifs is 4. The monoisotopic (exact) mass is 1180 g/mol. The van der Waals surface area contributed by atoms with Gasteiger partial charge in [0.05, 0.1) is 0 Å². The van der Waals surface area contributed by atoms with Crippen LogP contribution in [0.25, 0.3) is 0 Å². The largest absolute Gasteiger partial charge is 0.331 e. The van der Waals surface area contributed by atoms with Crippen molar-refractivity contribution >= 4 is 0 Å². The molecule has 3 rings (SSSR count). The van der Waals surface area contributed by atoms with Crippen molar-refractivity contribution in [2.24, 2.45) is 0 Å². The fraction of sp³-hybridized carbons (Fsp3) is 0.892. The zero-order valence-corrected chi connectivity index (χ0v) is 56.5. The summed E-state index contributed by atoms with van der Waals surface area (Å²) in [4.78, 5) is 62.3. The van der Waals surface area contributed by atoms with Gasteiger partial charge >= 0.3 is 11.4 Å². The van der Waals surface area contributed by atoms with Gasteiger partial charge in [0.2, 0.25) is 0 Å². The lowest BCUT2D eigenvalue weighted by Crippen LogP contribution is -2.42. The fourth-order valence-electron chi connectivity index (χ4n) is 13.4. The number of hydrogen-bond donors (Lipinski definition) is 0. The third-order valence-electron chi connectivity index (χ3n) is 19.0. The Hall–Kier alpha value is -2.72. The van der Waals surface area contributed by atoms with Crippen molar-refractivity contribution in [1.29, 1.82) is 0 Å². The molecule has 0 fully saturated rings. The van der Waals surface area contributed by atoms with E-state index in [1.54, 1.807) is 9.13 Å². The van der Waals surface area contributed by atoms with Crippen molar-refractivity contribution in [3.05, 3.63) is 65.2 Å². The Bertz CT molecular complexity index is 2090. The number of aryl methyl sites for hydroxylation is 3. The van der Waals surface area contributed by atoms with Gasteiger partial charge in [-0.2, -0.15) is 0 Å². The van der Waals surface area contributed by atoms with E-state index in [1.807, 2.05) is 21.5 Å². The smallest absolute Gasteiger partial charge is 0.303 e. The molecule has 0 N–H and O–H groups in total. The van der Waals surface area contributed by atoms with Crippen LogP contribution in [0.15, 0.2) is 31.6 Å². The summed E-state index contributed by atoms with van der Waals surface area (Å²) in [7, 11) is 0. The first-order valence-electron chi connectivity index (χ1n) is 37.4. The predicted molar refractivity (Wildman–Crippen MR) is 364 cm³/mol. The molecule has 0 saturated carbocycles. The predicted octanol–water partition coefficient (Wildman–Crippen LogP) is 19.5. The molecule has 488 valence electrons. The zero-order chi connectivity index (χ0) is 60.3. The van der Waals surface area contributed by atoms with Crippen LogP contribution in [0, 0.1) is 0 Å². The average Bonchev–Trinajstić information content (AvgIpc) is 3.18. The van der Waals surface area contributed by atoms with Gasteiger partial charge in [0.15, 0.2) is 0 Å². The zero-order valence-electron chi connectivity index (χ0n) is 56.5. The van der Waals surface area contributed by atoms with Crippen LogP contribution in [-0.2, 0) is 32.5 Å². The van der Waals surface area contributed by atoms with Crippen LogP contribution >= 0.6 is 0 Å². The van der Waals surface area contributed by atoms with Crippen LogP contribution in [0.2, 0.25) is 0 Å². The van der Waals surface area contributed by atoms with Crippen LogP contribution in [0.4, 0.5) is 0 Å². The van der Waals surface area contributed by atoms with E-state index >= 15 is 0 Å². The van der Waals surface area contributed by atoms with Gasteiger partial charge in [-0.25, -0.2) is 9.59 Å². The van der Waals surface area contributed by atoms with Crippen LogP contribution in [0.3, 0.4) is 0 Å². The van der Waals surface area contributed by atoms with Gasteiger partial charge < -0.3 is 14.4 Å². The maximum absolute atomic E-state index is 14.5. The second kappa shape index (κ2) is 52.2. The summed E-state index contributed by atoms with van der Waals surface area (Å²) in [6.45, 7) is 19.8. The summed E-state index contributed by atoms with van der Waals surface area (Å²) in [5.74, 6) is 0. The molecule has 0 radical (unpaired) electrons. The van der Waals surface area contributed by atoms with Crippen molar-refractivity contribution in [3.63, 3.8) is 0 Å². The highest BCUT2D eigenvalue weighted by molar-refractivity contribution is 5.08. The SMILES string of the molecule is CCCCCCCCCCc1cn2c(=O)n(c1=O)CCCCCCN(CCCCCCCCCC)CCCCCCn1c(=O)c(CCCCCCCCCC)cn(c1=O)C(CC)CCCCCN(CCCCCCCCCC)CCCCCC2. The molecule has 0 aliphatic carbocycles. The third kappa shape index (κ3) is 34.7. The molecular weight excluding hydrogens is 1040 g/mol. The van der Waals surface area contributed by atoms with Gasteiger partial charge in [-0.3, -0.25) is 23.3 Å². The highest BCUT2D eigenvalue weighted by Crippen LogP contribution is 2.21. The lowest BCUT2D eigenvalue weighted by molar-refractivity contribution is 0.252. The Kier molecular flexibility index (Phi) is 47.0. The summed E-state index contributed by atoms with van der Waals surface area (Å²) < 4.78 is 7.17. The number of rotatable bonds is 37. The van der Waals surface area contributed by atoms with E-state index in [4.69, 9.17) is 0 Å². The lowest BCUT2D eigenvalue weighted by Gasteiger charge is -2.23. The molecule has 1 aliphatic rings. The molecule has 1 unspecified atom stereocenters. The normalized spacial score (nSPS) is 17.0. The number of hydrogen-bond acceptors (Lipinski definition) is 6. The number of aromatic nitrogens is 4. The van der Waals surface area contributed by atoms with Gasteiger partial charge in [-0.1, -0.05) is 266 Å². The Morgan fingerprint density at radius 3 is 1.01 bits per heavy atom. The van der Waals surface area contributed by atoms with Crippen LogP contribution in [0.5, 0.6) is 0 Å². The third-order valence-corrected chi connectivity index (χ3v) is 19.0. The molecule has 84 heavy (non-hydrogen) atoms. The second-order valence-electron chi connectivity index (χ2n) is 26.6. The van der Waals surface area contributed by atoms with Crippen LogP contribution < -0.4 is 22.5 Å². The Morgan fingerprint density at radius 2 is 0.631 bits per heavy atom. The summed E-state index contributed by atoms with van der Waals surface area (Å²) >= 11 is 0. The maximum atomic E-state index is 14.5. The molecule has 0 amide bonds. The van der Waals surface area contributed by atoms with Crippen molar-refractivity contribution in [3.8, 4) is 0 Å². The molecule has 1 aliphatic heterocycles. The van der Waals surface area contributed by atoms with Gasteiger partial charge in [-0.05, 0) is 136 Å². The van der Waals surface area contributed by atoms with Gasteiger partial charge in [0.25, 0.3) is 11.1 Å². The lowest BCUT2D eigenvalue weighted by atomic mass is 10.0. The molecule has 4 bridgehead atoms. The minimum atomic E-state index is -0.102. The first kappa shape index (κ1) is 75.5. The first-order chi connectivity index (χ1) is 41.3. The maximum Gasteiger partial charge on any atom is 0.331 e. The van der Waals surface area contributed by atoms with Crippen molar-refractivity contribution in [1.82, 2.24) is 28.1 Å². The molecule has 0 aromatic carbocycles. The molecular formula is C74H138N6O4. The van der Waals surface area contributed by atoms with Crippen molar-refractivity contribution in [2.45, 2.75) is 388 Å². The van der Waals surface area contributed by atoms with E-state index in [0.29, 0.717) is 19.6 Å². The summed E-state index contributed by atoms with van der Waals surface area (Å²) in [6, 6.07) is 0.108. The average molecular weight is 1180 g/mol. The number of nitrogens with zero attached hydrogens (tertiary/aromatic N) is 6. The molecule has 10 heteroatoms. The minimum absolute atomic E-state index is 0.0360. The quantitative estimate of drug-likeness (QED) is 0.0626. The van der Waals surface area contributed by atoms with Crippen LogP contribution in [0.1, 0.15) is 366 Å². The second-order valence-corrected chi connectivity index (χ2v) is 26.6. The molecule has 2 aromatic rings. The van der Waals surface area contributed by atoms with E-state index in [-0.39, 0.29) is 28.5 Å². The van der Waals surface area contributed by atoms with Gasteiger partial charge in [0.1, 0.15) is 0 Å². The molecule has 2 aromatic heterocycles.